The normalized spacial score (nSPS) is 23.4. The number of amides is 1. The Labute approximate surface area is 238 Å². The van der Waals surface area contributed by atoms with Gasteiger partial charge in [-0.15, -0.1) is 0 Å². The number of hydrogen-bond acceptors (Lipinski definition) is 13. The molecule has 40 heavy (non-hydrogen) atoms. The number of hydrogen-bond donors (Lipinski definition) is 5. The highest BCUT2D eigenvalue weighted by Gasteiger charge is 2.53. The second-order valence-corrected chi connectivity index (χ2v) is 8.94. The Morgan fingerprint density at radius 3 is 2.30 bits per heavy atom. The fraction of sp³-hybridized carbons (Fsp3) is 0.885. The summed E-state index contributed by atoms with van der Waals surface area (Å²) in [5, 5.41) is 43.1. The first-order valence-electron chi connectivity index (χ1n) is 12.2. The minimum atomic E-state index is -2.09. The molecule has 0 aliphatic carbocycles. The highest BCUT2D eigenvalue weighted by atomic mass is 16.9. The van der Waals surface area contributed by atoms with Crippen LogP contribution in [0, 0.1) is 5.92 Å². The Kier molecular flexibility index (Phi) is 24.2. The van der Waals surface area contributed by atoms with Crippen molar-refractivity contribution in [3.8, 4) is 0 Å². The van der Waals surface area contributed by atoms with E-state index in [-0.39, 0.29) is 67.3 Å². The summed E-state index contributed by atoms with van der Waals surface area (Å²) in [6.45, 7) is 4.09. The van der Waals surface area contributed by atoms with Gasteiger partial charge in [0, 0.05) is 13.5 Å². The Morgan fingerprint density at radius 1 is 1.07 bits per heavy atom. The third-order valence-electron chi connectivity index (χ3n) is 5.51. The maximum absolute atomic E-state index is 12.5. The molecular weight excluding hydrogens is 534 g/mol. The fourth-order valence-electron chi connectivity index (χ4n) is 3.45. The number of carbonyl (C=O) groups is 3. The second kappa shape index (κ2) is 22.7. The Bertz CT molecular complexity index is 681. The van der Waals surface area contributed by atoms with Gasteiger partial charge in [0.25, 0.3) is 6.47 Å². The zero-order chi connectivity index (χ0) is 27.8. The average Bonchev–Trinajstić information content (AvgIpc) is 2.85. The molecule has 1 fully saturated rings. The van der Waals surface area contributed by atoms with E-state index in [0.29, 0.717) is 19.6 Å². The summed E-state index contributed by atoms with van der Waals surface area (Å²) in [5.41, 5.74) is 0. The van der Waals surface area contributed by atoms with E-state index in [9.17, 15) is 34.8 Å². The Balaban J connectivity index is -0.00000456. The van der Waals surface area contributed by atoms with Gasteiger partial charge >= 0.3 is 11.9 Å². The van der Waals surface area contributed by atoms with E-state index in [0.717, 1.165) is 0 Å². The molecule has 240 valence electrons. The van der Waals surface area contributed by atoms with Crippen molar-refractivity contribution in [2.24, 2.45) is 5.92 Å². The molecular formula is C26H53NO13. The average molecular weight is 588 g/mol. The maximum atomic E-state index is 12.5. The summed E-state index contributed by atoms with van der Waals surface area (Å²) in [5.74, 6) is -3.18. The highest BCUT2D eigenvalue weighted by Crippen LogP contribution is 2.34. The highest BCUT2D eigenvalue weighted by molar-refractivity contribution is 5.81. The number of rotatable bonds is 19. The van der Waals surface area contributed by atoms with Crippen LogP contribution in [-0.4, -0.2) is 122 Å². The van der Waals surface area contributed by atoms with E-state index in [4.69, 9.17) is 28.4 Å². The molecule has 0 saturated carbocycles. The molecule has 1 aliphatic heterocycles. The number of esters is 1. The van der Waals surface area contributed by atoms with Crippen molar-refractivity contribution in [1.82, 2.24) is 5.32 Å². The maximum Gasteiger partial charge on any atom is 0.332 e. The van der Waals surface area contributed by atoms with E-state index in [2.05, 4.69) is 5.32 Å². The van der Waals surface area contributed by atoms with E-state index in [1.54, 1.807) is 0 Å². The summed E-state index contributed by atoms with van der Waals surface area (Å²) in [6.07, 6.45) is -6.96. The number of carbonyl (C=O) groups excluding carboxylic acids is 3. The molecule has 6 atom stereocenters. The van der Waals surface area contributed by atoms with Gasteiger partial charge in [0.2, 0.25) is 5.91 Å². The molecule has 5 N–H and O–H groups in total. The molecule has 0 spiro atoms. The van der Waals surface area contributed by atoms with Crippen LogP contribution in [-0.2, 0) is 42.8 Å². The van der Waals surface area contributed by atoms with Crippen LogP contribution < -0.4 is 5.32 Å². The molecule has 1 rings (SSSR count). The van der Waals surface area contributed by atoms with Crippen LogP contribution in [0.5, 0.6) is 0 Å². The lowest BCUT2D eigenvalue weighted by Gasteiger charge is -2.46. The molecule has 1 aliphatic rings. The van der Waals surface area contributed by atoms with Crippen molar-refractivity contribution in [1.29, 1.82) is 0 Å². The van der Waals surface area contributed by atoms with Gasteiger partial charge in [-0.3, -0.25) is 14.4 Å². The molecule has 0 aromatic carbocycles. The van der Waals surface area contributed by atoms with Crippen molar-refractivity contribution in [3.63, 3.8) is 0 Å². The standard InChI is InChI=1S/C23H41NO13.3CH4/c1-15(2)6-7-35-23(36-14-26)12-16(27)20(22(37-23)21(31)17(28)13-25)24-18(29)4-5-19(30)34-11-10-33-9-8-32-3;;;/h14-17,20-22,25,27-28,31H,4-13H2,1-3H3,(H,24,29);3*1H4. The van der Waals surface area contributed by atoms with Gasteiger partial charge in [-0.05, 0) is 12.3 Å². The van der Waals surface area contributed by atoms with E-state index in [1.165, 1.54) is 7.11 Å². The van der Waals surface area contributed by atoms with Crippen LogP contribution in [0.3, 0.4) is 0 Å². The third kappa shape index (κ3) is 15.2. The van der Waals surface area contributed by atoms with Crippen LogP contribution in [0.4, 0.5) is 0 Å². The first-order chi connectivity index (χ1) is 17.6. The topological polar surface area (TPSA) is 200 Å². The van der Waals surface area contributed by atoms with Gasteiger partial charge in [-0.25, -0.2) is 0 Å². The smallest absolute Gasteiger partial charge is 0.332 e. The molecule has 1 amide bonds. The van der Waals surface area contributed by atoms with E-state index < -0.39 is 61.3 Å². The first-order valence-corrected chi connectivity index (χ1v) is 12.2. The Hall–Kier alpha value is -1.91. The molecule has 14 nitrogen and oxygen atoms in total. The van der Waals surface area contributed by atoms with Crippen molar-refractivity contribution in [2.75, 3.05) is 46.8 Å². The first kappa shape index (κ1) is 42.6. The summed E-state index contributed by atoms with van der Waals surface area (Å²) in [4.78, 5) is 35.5. The summed E-state index contributed by atoms with van der Waals surface area (Å²) in [7, 11) is 1.53. The molecule has 14 heteroatoms. The van der Waals surface area contributed by atoms with Crippen molar-refractivity contribution in [3.05, 3.63) is 0 Å². The number of ether oxygens (including phenoxy) is 6. The van der Waals surface area contributed by atoms with Crippen LogP contribution in [0.15, 0.2) is 0 Å². The summed E-state index contributed by atoms with van der Waals surface area (Å²) in [6, 6.07) is -1.30. The van der Waals surface area contributed by atoms with Crippen molar-refractivity contribution < 1.29 is 63.2 Å². The number of methoxy groups -OCH3 is 1. The van der Waals surface area contributed by atoms with E-state index in [1.807, 2.05) is 13.8 Å². The van der Waals surface area contributed by atoms with Crippen LogP contribution in [0.1, 0.15) is 61.8 Å². The summed E-state index contributed by atoms with van der Waals surface area (Å²) < 4.78 is 31.2. The van der Waals surface area contributed by atoms with Crippen LogP contribution >= 0.6 is 0 Å². The predicted molar refractivity (Wildman–Crippen MR) is 145 cm³/mol. The lowest BCUT2D eigenvalue weighted by atomic mass is 9.91. The summed E-state index contributed by atoms with van der Waals surface area (Å²) >= 11 is 0. The van der Waals surface area contributed by atoms with Gasteiger partial charge < -0.3 is 54.2 Å². The lowest BCUT2D eigenvalue weighted by molar-refractivity contribution is -0.409. The molecule has 0 aromatic rings. The molecule has 0 bridgehead atoms. The molecule has 0 radical (unpaired) electrons. The van der Waals surface area contributed by atoms with Gasteiger partial charge in [0.1, 0.15) is 24.9 Å². The fourth-order valence-corrected chi connectivity index (χ4v) is 3.45. The molecule has 6 unspecified atom stereocenters. The lowest BCUT2D eigenvalue weighted by Crippen LogP contribution is -2.66. The van der Waals surface area contributed by atoms with Gasteiger partial charge in [-0.1, -0.05) is 36.1 Å². The number of aliphatic hydroxyl groups is 4. The second-order valence-electron chi connectivity index (χ2n) is 8.94. The predicted octanol–water partition coefficient (Wildman–Crippen LogP) is 0.119. The molecule has 0 aromatic heterocycles. The monoisotopic (exact) mass is 587 g/mol. The molecule has 1 heterocycles. The van der Waals surface area contributed by atoms with Crippen LogP contribution in [0.25, 0.3) is 0 Å². The SMILES string of the molecule is C.C.C.COCCOCCOC(=O)CCC(=O)NC1C(O)CC(OC=O)(OCCC(C)C)OC1C(O)C(O)CO. The van der Waals surface area contributed by atoms with Gasteiger partial charge in [0.15, 0.2) is 0 Å². The number of nitrogens with one attached hydrogen (secondary N) is 1. The quantitative estimate of drug-likeness (QED) is 0.0591. The third-order valence-corrected chi connectivity index (χ3v) is 5.51. The zero-order valence-corrected chi connectivity index (χ0v) is 21.6. The van der Waals surface area contributed by atoms with Crippen molar-refractivity contribution >= 4 is 18.3 Å². The minimum Gasteiger partial charge on any atom is -0.463 e. The van der Waals surface area contributed by atoms with Crippen LogP contribution in [0.2, 0.25) is 0 Å². The zero-order valence-electron chi connectivity index (χ0n) is 21.6. The van der Waals surface area contributed by atoms with Gasteiger partial charge in [0.05, 0.1) is 58.0 Å². The van der Waals surface area contributed by atoms with Crippen molar-refractivity contribution in [2.45, 2.75) is 98.2 Å². The largest absolute Gasteiger partial charge is 0.463 e. The minimum absolute atomic E-state index is 0. The van der Waals surface area contributed by atoms with Gasteiger partial charge in [-0.2, -0.15) is 0 Å². The number of aliphatic hydroxyl groups excluding tert-OH is 4. The molecule has 1 saturated heterocycles. The Morgan fingerprint density at radius 2 is 1.73 bits per heavy atom. The van der Waals surface area contributed by atoms with E-state index >= 15 is 0 Å².